The zero-order chi connectivity index (χ0) is 19.8. The number of amides is 1. The smallest absolute Gasteiger partial charge is 0.242 e. The molecule has 1 aromatic carbocycles. The summed E-state index contributed by atoms with van der Waals surface area (Å²) < 4.78 is 0. The van der Waals surface area contributed by atoms with Crippen molar-refractivity contribution in [1.29, 1.82) is 0 Å². The third-order valence-corrected chi connectivity index (χ3v) is 5.03. The number of hydrogen-bond acceptors (Lipinski definition) is 4. The number of aromatic nitrogens is 2. The van der Waals surface area contributed by atoms with E-state index in [1.807, 2.05) is 61.7 Å². The van der Waals surface area contributed by atoms with Crippen molar-refractivity contribution >= 4 is 5.91 Å². The molecule has 5 heteroatoms. The number of carbonyl (C=O) groups excluding carboxylic acids is 1. The Morgan fingerprint density at radius 2 is 1.82 bits per heavy atom. The van der Waals surface area contributed by atoms with Crippen molar-refractivity contribution in [3.63, 3.8) is 0 Å². The Hall–Kier alpha value is -3.05. The highest BCUT2D eigenvalue weighted by Crippen LogP contribution is 2.28. The first-order chi connectivity index (χ1) is 13.6. The number of carbonyl (C=O) groups is 1. The fourth-order valence-electron chi connectivity index (χ4n) is 3.45. The van der Waals surface area contributed by atoms with Crippen LogP contribution in [0.4, 0.5) is 0 Å². The van der Waals surface area contributed by atoms with Gasteiger partial charge in [0.2, 0.25) is 5.91 Å². The maximum Gasteiger partial charge on any atom is 0.242 e. The second kappa shape index (κ2) is 9.24. The van der Waals surface area contributed by atoms with Gasteiger partial charge in [-0.05, 0) is 61.1 Å². The molecule has 1 atom stereocenters. The molecule has 0 radical (unpaired) electrons. The minimum Gasteiger partial charge on any atom is -0.368 e. The average Bonchev–Trinajstić information content (AvgIpc) is 2.72. The van der Waals surface area contributed by atoms with E-state index >= 15 is 0 Å². The third-order valence-electron chi connectivity index (χ3n) is 5.03. The molecule has 0 saturated carbocycles. The molecule has 3 N–H and O–H groups in total. The highest BCUT2D eigenvalue weighted by molar-refractivity contribution is 5.86. The highest BCUT2D eigenvalue weighted by atomic mass is 16.1. The van der Waals surface area contributed by atoms with Crippen LogP contribution in [0.1, 0.15) is 28.7 Å². The fourth-order valence-corrected chi connectivity index (χ4v) is 3.45. The lowest BCUT2D eigenvalue weighted by Gasteiger charge is -2.33. The van der Waals surface area contributed by atoms with Gasteiger partial charge in [-0.3, -0.25) is 20.1 Å². The maximum atomic E-state index is 12.7. The Labute approximate surface area is 166 Å². The molecule has 144 valence electrons. The Morgan fingerprint density at radius 3 is 2.50 bits per heavy atom. The molecule has 0 bridgehead atoms. The van der Waals surface area contributed by atoms with Gasteiger partial charge >= 0.3 is 0 Å². The summed E-state index contributed by atoms with van der Waals surface area (Å²) in [6.07, 6.45) is 9.20. The molecular weight excluding hydrogens is 348 g/mol. The van der Waals surface area contributed by atoms with Gasteiger partial charge in [0.15, 0.2) is 0 Å². The summed E-state index contributed by atoms with van der Waals surface area (Å²) in [5, 5.41) is 3.48. The summed E-state index contributed by atoms with van der Waals surface area (Å²) in [4.78, 5) is 21.0. The Kier molecular flexibility index (Phi) is 6.50. The van der Waals surface area contributed by atoms with Gasteiger partial charge in [0.25, 0.3) is 0 Å². The Morgan fingerprint density at radius 1 is 1.00 bits per heavy atom. The zero-order valence-corrected chi connectivity index (χ0v) is 16.1. The van der Waals surface area contributed by atoms with E-state index < -0.39 is 5.54 Å². The molecule has 0 aliphatic rings. The second-order valence-electron chi connectivity index (χ2n) is 7.03. The summed E-state index contributed by atoms with van der Waals surface area (Å²) in [7, 11) is 0. The number of nitrogens with two attached hydrogens (primary N) is 1. The van der Waals surface area contributed by atoms with Gasteiger partial charge in [0, 0.05) is 31.3 Å². The maximum absolute atomic E-state index is 12.7. The molecule has 28 heavy (non-hydrogen) atoms. The first kappa shape index (κ1) is 19.7. The summed E-state index contributed by atoms with van der Waals surface area (Å²) >= 11 is 0. The molecule has 3 rings (SSSR count). The van der Waals surface area contributed by atoms with Crippen LogP contribution in [0.3, 0.4) is 0 Å². The van der Waals surface area contributed by atoms with Crippen molar-refractivity contribution in [1.82, 2.24) is 15.3 Å². The molecule has 0 saturated heterocycles. The van der Waals surface area contributed by atoms with Crippen LogP contribution in [0.25, 0.3) is 0 Å². The van der Waals surface area contributed by atoms with Crippen molar-refractivity contribution in [3.05, 3.63) is 95.6 Å². The van der Waals surface area contributed by atoms with Gasteiger partial charge in [-0.25, -0.2) is 0 Å². The Bertz CT molecular complexity index is 899. The van der Waals surface area contributed by atoms with Crippen molar-refractivity contribution in [2.45, 2.75) is 31.7 Å². The van der Waals surface area contributed by atoms with Gasteiger partial charge in [-0.2, -0.15) is 0 Å². The van der Waals surface area contributed by atoms with E-state index in [0.29, 0.717) is 13.0 Å². The molecule has 5 nitrogen and oxygen atoms in total. The lowest BCUT2D eigenvalue weighted by atomic mass is 9.82. The number of hydrogen-bond donors (Lipinski definition) is 2. The molecule has 2 heterocycles. The lowest BCUT2D eigenvalue weighted by Crippen LogP contribution is -2.53. The number of primary amides is 1. The Balaban J connectivity index is 1.85. The molecule has 1 amide bonds. The molecule has 3 aromatic rings. The first-order valence-corrected chi connectivity index (χ1v) is 9.50. The van der Waals surface area contributed by atoms with Crippen LogP contribution >= 0.6 is 0 Å². The zero-order valence-electron chi connectivity index (χ0n) is 16.1. The van der Waals surface area contributed by atoms with Crippen molar-refractivity contribution in [3.8, 4) is 0 Å². The normalized spacial score (nSPS) is 13.0. The summed E-state index contributed by atoms with van der Waals surface area (Å²) in [6.45, 7) is 2.65. The third kappa shape index (κ3) is 4.81. The van der Waals surface area contributed by atoms with Gasteiger partial charge in [-0.15, -0.1) is 0 Å². The van der Waals surface area contributed by atoms with Crippen LogP contribution in [0, 0.1) is 6.92 Å². The number of benzene rings is 1. The predicted molar refractivity (Wildman–Crippen MR) is 111 cm³/mol. The molecular formula is C23H26N4O. The van der Waals surface area contributed by atoms with Crippen LogP contribution in [0.2, 0.25) is 0 Å². The highest BCUT2D eigenvalue weighted by Gasteiger charge is 2.37. The lowest BCUT2D eigenvalue weighted by molar-refractivity contribution is -0.125. The predicted octanol–water partition coefficient (Wildman–Crippen LogP) is 2.93. The summed E-state index contributed by atoms with van der Waals surface area (Å²) in [5.74, 6) is -0.363. The molecule has 1 unspecified atom stereocenters. The summed E-state index contributed by atoms with van der Waals surface area (Å²) in [6, 6.07) is 15.9. The van der Waals surface area contributed by atoms with Gasteiger partial charge in [0.05, 0.1) is 0 Å². The van der Waals surface area contributed by atoms with E-state index in [2.05, 4.69) is 15.3 Å². The van der Waals surface area contributed by atoms with Crippen LogP contribution in [0.15, 0.2) is 73.3 Å². The van der Waals surface area contributed by atoms with Gasteiger partial charge in [-0.1, -0.05) is 35.9 Å². The van der Waals surface area contributed by atoms with E-state index in [9.17, 15) is 4.79 Å². The number of rotatable bonds is 9. The van der Waals surface area contributed by atoms with Crippen LogP contribution in [-0.4, -0.2) is 22.4 Å². The van der Waals surface area contributed by atoms with Crippen LogP contribution in [0.5, 0.6) is 0 Å². The number of pyridine rings is 2. The van der Waals surface area contributed by atoms with Crippen molar-refractivity contribution in [2.24, 2.45) is 5.73 Å². The van der Waals surface area contributed by atoms with Crippen molar-refractivity contribution in [2.75, 3.05) is 6.54 Å². The molecule has 2 aromatic heterocycles. The molecule has 0 fully saturated rings. The summed E-state index contributed by atoms with van der Waals surface area (Å²) in [5.41, 5.74) is 9.28. The standard InChI is InChI=1S/C23H26N4O/c1-18-4-2-6-21(16-18)23(22(24)28,11-7-19-8-13-25-14-9-19)27-15-10-20-5-3-12-26-17-20/h2-6,8-9,12-14,16-17,27H,7,10-11,15H2,1H3,(H2,24,28). The van der Waals surface area contributed by atoms with E-state index in [4.69, 9.17) is 5.73 Å². The van der Waals surface area contributed by atoms with E-state index in [-0.39, 0.29) is 5.91 Å². The fraction of sp³-hybridized carbons (Fsp3) is 0.261. The first-order valence-electron chi connectivity index (χ1n) is 9.50. The quantitative estimate of drug-likeness (QED) is 0.603. The second-order valence-corrected chi connectivity index (χ2v) is 7.03. The van der Waals surface area contributed by atoms with Crippen LogP contribution < -0.4 is 11.1 Å². The molecule has 0 aliphatic heterocycles. The number of nitrogens with zero attached hydrogens (tertiary/aromatic N) is 2. The van der Waals surface area contributed by atoms with E-state index in [1.54, 1.807) is 18.6 Å². The largest absolute Gasteiger partial charge is 0.368 e. The van der Waals surface area contributed by atoms with Crippen molar-refractivity contribution < 1.29 is 4.79 Å². The minimum atomic E-state index is -0.933. The molecule has 0 aliphatic carbocycles. The topological polar surface area (TPSA) is 80.9 Å². The number of nitrogens with one attached hydrogen (secondary N) is 1. The van der Waals surface area contributed by atoms with E-state index in [1.165, 1.54) is 0 Å². The number of aryl methyl sites for hydroxylation is 2. The average molecular weight is 374 g/mol. The van der Waals surface area contributed by atoms with Crippen LogP contribution in [-0.2, 0) is 23.2 Å². The van der Waals surface area contributed by atoms with Gasteiger partial charge < -0.3 is 5.73 Å². The van der Waals surface area contributed by atoms with Gasteiger partial charge in [0.1, 0.15) is 5.54 Å². The SMILES string of the molecule is Cc1cccc(C(CCc2ccncc2)(NCCc2cccnc2)C(N)=O)c1. The monoisotopic (exact) mass is 374 g/mol. The van der Waals surface area contributed by atoms with E-state index in [0.717, 1.165) is 35.1 Å². The minimum absolute atomic E-state index is 0.363. The molecule has 0 spiro atoms.